The summed E-state index contributed by atoms with van der Waals surface area (Å²) in [6, 6.07) is 16.5. The van der Waals surface area contributed by atoms with Crippen LogP contribution in [0.25, 0.3) is 0 Å². The third-order valence-corrected chi connectivity index (χ3v) is 5.79. The molecule has 0 saturated carbocycles. The van der Waals surface area contributed by atoms with Crippen LogP contribution in [0, 0.1) is 12.8 Å². The van der Waals surface area contributed by atoms with E-state index >= 15 is 0 Å². The number of carbonyl (C=O) groups is 1. The van der Waals surface area contributed by atoms with Gasteiger partial charge in [0.25, 0.3) is 0 Å². The fourth-order valence-corrected chi connectivity index (χ4v) is 4.41. The van der Waals surface area contributed by atoms with E-state index in [0.29, 0.717) is 0 Å². The van der Waals surface area contributed by atoms with Crippen molar-refractivity contribution in [2.75, 3.05) is 13.2 Å². The maximum atomic E-state index is 13.2. The summed E-state index contributed by atoms with van der Waals surface area (Å²) in [5, 5.41) is 0. The summed E-state index contributed by atoms with van der Waals surface area (Å²) in [6.07, 6.45) is 1.81. The van der Waals surface area contributed by atoms with Gasteiger partial charge in [0, 0.05) is 17.7 Å². The van der Waals surface area contributed by atoms with E-state index in [1.54, 1.807) is 6.92 Å². The van der Waals surface area contributed by atoms with Gasteiger partial charge in [-0.1, -0.05) is 52.3 Å². The van der Waals surface area contributed by atoms with Crippen LogP contribution in [0.5, 0.6) is 0 Å². The van der Waals surface area contributed by atoms with Crippen molar-refractivity contribution in [2.24, 2.45) is 5.92 Å². The Balaban J connectivity index is 2.26. The first kappa shape index (κ1) is 17.4. The normalized spacial score (nSPS) is 18.1. The third kappa shape index (κ3) is 2.96. The predicted octanol–water partition coefficient (Wildman–Crippen LogP) is 5.06. The zero-order valence-electron chi connectivity index (χ0n) is 14.2. The molecule has 3 heteroatoms. The second kappa shape index (κ2) is 7.20. The number of aryl methyl sites for hydroxylation is 1. The van der Waals surface area contributed by atoms with Crippen LogP contribution < -0.4 is 0 Å². The molecule has 1 heterocycles. The second-order valence-corrected chi connectivity index (χ2v) is 7.49. The van der Waals surface area contributed by atoms with Crippen LogP contribution in [0.1, 0.15) is 36.5 Å². The molecule has 0 spiro atoms. The van der Waals surface area contributed by atoms with Gasteiger partial charge in [0.2, 0.25) is 0 Å². The van der Waals surface area contributed by atoms with Gasteiger partial charge >= 0.3 is 0 Å². The van der Waals surface area contributed by atoms with Gasteiger partial charge in [-0.2, -0.15) is 0 Å². The number of Topliss-reactive ketones (excluding diaryl/α,β-unsaturated/α-hetero) is 1. The molecule has 2 nitrogen and oxygen atoms in total. The standard InChI is InChI=1S/C21H23BrO2/c1-15-5-3-4-6-20(15)21(16(2)23,18-11-13-24-14-12-18)17-7-9-19(22)10-8-17/h3-10,18H,11-14H2,1-2H3. The Bertz CT molecular complexity index is 717. The van der Waals surface area contributed by atoms with Crippen LogP contribution in [0.4, 0.5) is 0 Å². The first-order chi connectivity index (χ1) is 11.6. The summed E-state index contributed by atoms with van der Waals surface area (Å²) in [7, 11) is 0. The Labute approximate surface area is 152 Å². The fraction of sp³-hybridized carbons (Fsp3) is 0.381. The monoisotopic (exact) mass is 386 g/mol. The molecule has 2 aromatic rings. The van der Waals surface area contributed by atoms with Crippen LogP contribution in [0.3, 0.4) is 0 Å². The number of ether oxygens (including phenoxy) is 1. The zero-order valence-corrected chi connectivity index (χ0v) is 15.8. The van der Waals surface area contributed by atoms with E-state index in [4.69, 9.17) is 4.74 Å². The quantitative estimate of drug-likeness (QED) is 0.733. The maximum absolute atomic E-state index is 13.2. The Morgan fingerprint density at radius 2 is 1.71 bits per heavy atom. The van der Waals surface area contributed by atoms with Crippen LogP contribution in [-0.2, 0) is 14.9 Å². The van der Waals surface area contributed by atoms with E-state index in [2.05, 4.69) is 47.1 Å². The van der Waals surface area contributed by atoms with Crippen molar-refractivity contribution < 1.29 is 9.53 Å². The van der Waals surface area contributed by atoms with Crippen LogP contribution in [0.15, 0.2) is 53.0 Å². The summed E-state index contributed by atoms with van der Waals surface area (Å²) in [6.45, 7) is 5.29. The molecule has 0 bridgehead atoms. The average Bonchev–Trinajstić information content (AvgIpc) is 2.59. The summed E-state index contributed by atoms with van der Waals surface area (Å²) in [5.41, 5.74) is 2.78. The van der Waals surface area contributed by atoms with E-state index in [-0.39, 0.29) is 11.7 Å². The van der Waals surface area contributed by atoms with Crippen molar-refractivity contribution in [1.29, 1.82) is 0 Å². The minimum absolute atomic E-state index is 0.214. The molecule has 1 atom stereocenters. The van der Waals surface area contributed by atoms with Crippen molar-refractivity contribution in [3.05, 3.63) is 69.7 Å². The highest BCUT2D eigenvalue weighted by Crippen LogP contribution is 2.46. The van der Waals surface area contributed by atoms with E-state index in [0.717, 1.165) is 41.7 Å². The highest BCUT2D eigenvalue weighted by molar-refractivity contribution is 9.10. The van der Waals surface area contributed by atoms with Gasteiger partial charge in [0.05, 0.1) is 5.41 Å². The number of benzene rings is 2. The molecule has 0 radical (unpaired) electrons. The van der Waals surface area contributed by atoms with E-state index < -0.39 is 5.41 Å². The summed E-state index contributed by atoms with van der Waals surface area (Å²) < 4.78 is 6.61. The first-order valence-corrected chi connectivity index (χ1v) is 9.27. The molecule has 24 heavy (non-hydrogen) atoms. The van der Waals surface area contributed by atoms with Crippen molar-refractivity contribution in [2.45, 2.75) is 32.1 Å². The molecular weight excluding hydrogens is 364 g/mol. The molecule has 1 aliphatic rings. The SMILES string of the molecule is CC(=O)C(c1ccc(Br)cc1)(c1ccccc1C)C1CCOCC1. The lowest BCUT2D eigenvalue weighted by molar-refractivity contribution is -0.124. The second-order valence-electron chi connectivity index (χ2n) is 6.57. The number of hydrogen-bond donors (Lipinski definition) is 0. The number of carbonyl (C=O) groups excluding carboxylic acids is 1. The van der Waals surface area contributed by atoms with Crippen LogP contribution in [-0.4, -0.2) is 19.0 Å². The topological polar surface area (TPSA) is 26.3 Å². The van der Waals surface area contributed by atoms with Crippen molar-refractivity contribution >= 4 is 21.7 Å². The Morgan fingerprint density at radius 1 is 1.08 bits per heavy atom. The number of halogens is 1. The third-order valence-electron chi connectivity index (χ3n) is 5.26. The van der Waals surface area contributed by atoms with Crippen molar-refractivity contribution in [1.82, 2.24) is 0 Å². The molecule has 0 amide bonds. The summed E-state index contributed by atoms with van der Waals surface area (Å²) >= 11 is 3.51. The van der Waals surface area contributed by atoms with E-state index in [1.807, 2.05) is 24.3 Å². The highest BCUT2D eigenvalue weighted by Gasteiger charge is 2.47. The van der Waals surface area contributed by atoms with Gasteiger partial charge in [0.1, 0.15) is 5.78 Å². The molecule has 0 aromatic heterocycles. The minimum Gasteiger partial charge on any atom is -0.381 e. The van der Waals surface area contributed by atoms with Gasteiger partial charge < -0.3 is 4.74 Å². The Kier molecular flexibility index (Phi) is 5.21. The molecule has 0 N–H and O–H groups in total. The molecule has 126 valence electrons. The summed E-state index contributed by atoms with van der Waals surface area (Å²) in [5.74, 6) is 0.469. The lowest BCUT2D eigenvalue weighted by Crippen LogP contribution is -2.45. The maximum Gasteiger partial charge on any atom is 0.145 e. The van der Waals surface area contributed by atoms with Crippen LogP contribution in [0.2, 0.25) is 0 Å². The molecule has 1 unspecified atom stereocenters. The van der Waals surface area contributed by atoms with Crippen molar-refractivity contribution in [3.63, 3.8) is 0 Å². The molecule has 1 fully saturated rings. The largest absolute Gasteiger partial charge is 0.381 e. The molecular formula is C21H23BrO2. The number of ketones is 1. The smallest absolute Gasteiger partial charge is 0.145 e. The van der Waals surface area contributed by atoms with Gasteiger partial charge in [-0.05, 0) is 61.4 Å². The van der Waals surface area contributed by atoms with Gasteiger partial charge in [-0.3, -0.25) is 4.79 Å². The van der Waals surface area contributed by atoms with E-state index in [1.165, 1.54) is 5.56 Å². The fourth-order valence-electron chi connectivity index (χ4n) is 4.15. The Morgan fingerprint density at radius 3 is 2.29 bits per heavy atom. The molecule has 3 rings (SSSR count). The first-order valence-electron chi connectivity index (χ1n) is 8.47. The minimum atomic E-state index is -0.601. The lowest BCUT2D eigenvalue weighted by atomic mass is 9.60. The van der Waals surface area contributed by atoms with Crippen molar-refractivity contribution in [3.8, 4) is 0 Å². The Hall–Kier alpha value is -1.45. The number of rotatable bonds is 4. The number of hydrogen-bond acceptors (Lipinski definition) is 2. The molecule has 0 aliphatic carbocycles. The molecule has 1 saturated heterocycles. The molecule has 2 aromatic carbocycles. The lowest BCUT2D eigenvalue weighted by Gasteiger charge is -2.42. The van der Waals surface area contributed by atoms with Crippen LogP contribution >= 0.6 is 15.9 Å². The summed E-state index contributed by atoms with van der Waals surface area (Å²) in [4.78, 5) is 13.2. The zero-order chi connectivity index (χ0) is 17.2. The van der Waals surface area contributed by atoms with Gasteiger partial charge in [0.15, 0.2) is 0 Å². The van der Waals surface area contributed by atoms with E-state index in [9.17, 15) is 4.79 Å². The van der Waals surface area contributed by atoms with Gasteiger partial charge in [-0.25, -0.2) is 0 Å². The van der Waals surface area contributed by atoms with Gasteiger partial charge in [-0.15, -0.1) is 0 Å². The highest BCUT2D eigenvalue weighted by atomic mass is 79.9. The molecule has 1 aliphatic heterocycles. The average molecular weight is 387 g/mol. The predicted molar refractivity (Wildman–Crippen MR) is 100 cm³/mol.